The van der Waals surface area contributed by atoms with E-state index in [0.29, 0.717) is 17.5 Å². The van der Waals surface area contributed by atoms with E-state index >= 15 is 0 Å². The topological polar surface area (TPSA) is 73.7 Å². The molecule has 0 fully saturated rings. The minimum atomic E-state index is -0.540. The summed E-state index contributed by atoms with van der Waals surface area (Å²) in [5, 5.41) is 0. The largest absolute Gasteiger partial charge is 0.456 e. The molecule has 0 radical (unpaired) electrons. The summed E-state index contributed by atoms with van der Waals surface area (Å²) in [5.74, 6) is 3.60. The van der Waals surface area contributed by atoms with Crippen LogP contribution in [-0.4, -0.2) is 24.9 Å². The van der Waals surface area contributed by atoms with Crippen LogP contribution in [0, 0.1) is 20.8 Å². The molecule has 0 unspecified atom stereocenters. The molecular weight excluding hydrogens is 795 g/mol. The van der Waals surface area contributed by atoms with Gasteiger partial charge in [0, 0.05) is 39.6 Å². The predicted molar refractivity (Wildman–Crippen MR) is 260 cm³/mol. The molecule has 1 aliphatic heterocycles. The number of para-hydroxylation sites is 1. The van der Waals surface area contributed by atoms with Crippen LogP contribution in [0.25, 0.3) is 78.8 Å². The van der Waals surface area contributed by atoms with Crippen molar-refractivity contribution in [2.75, 3.05) is 0 Å². The van der Waals surface area contributed by atoms with Crippen LogP contribution in [0.4, 0.5) is 0 Å². The average Bonchev–Trinajstić information content (AvgIpc) is 3.65. The maximum absolute atomic E-state index is 6.84. The van der Waals surface area contributed by atoms with Crippen LogP contribution >= 0.6 is 0 Å². The Labute approximate surface area is 378 Å². The fraction of sp³-hybridized carbons (Fsp3) is 0.0678. The highest BCUT2D eigenvalue weighted by Gasteiger charge is 2.51. The van der Waals surface area contributed by atoms with Crippen molar-refractivity contribution < 1.29 is 4.74 Å². The molecular formula is C59H41N5O. The molecule has 0 saturated carbocycles. The van der Waals surface area contributed by atoms with Gasteiger partial charge in [-0.2, -0.15) is 0 Å². The number of hydrogen-bond acceptors (Lipinski definition) is 6. The highest BCUT2D eigenvalue weighted by molar-refractivity contribution is 5.90. The lowest BCUT2D eigenvalue weighted by Gasteiger charge is -2.40. The van der Waals surface area contributed by atoms with Gasteiger partial charge in [-0.1, -0.05) is 152 Å². The Bertz CT molecular complexity index is 3390. The summed E-state index contributed by atoms with van der Waals surface area (Å²) >= 11 is 0. The first-order chi connectivity index (χ1) is 31.9. The zero-order valence-corrected chi connectivity index (χ0v) is 36.1. The van der Waals surface area contributed by atoms with E-state index in [-0.39, 0.29) is 0 Å². The van der Waals surface area contributed by atoms with Crippen molar-refractivity contribution in [2.24, 2.45) is 0 Å². The van der Waals surface area contributed by atoms with Gasteiger partial charge in [0.1, 0.15) is 11.5 Å². The van der Waals surface area contributed by atoms with Crippen molar-refractivity contribution >= 4 is 0 Å². The Morgan fingerprint density at radius 3 is 1.48 bits per heavy atom. The number of aromatic nitrogens is 5. The minimum Gasteiger partial charge on any atom is -0.456 e. The Morgan fingerprint density at radius 1 is 0.385 bits per heavy atom. The van der Waals surface area contributed by atoms with Gasteiger partial charge < -0.3 is 4.74 Å². The zero-order chi connectivity index (χ0) is 43.6. The molecule has 1 spiro atoms. The van der Waals surface area contributed by atoms with E-state index in [9.17, 15) is 0 Å². The summed E-state index contributed by atoms with van der Waals surface area (Å²) in [7, 11) is 0. The van der Waals surface area contributed by atoms with Gasteiger partial charge in [0.2, 0.25) is 0 Å². The number of rotatable bonds is 6. The molecule has 12 rings (SSSR count). The van der Waals surface area contributed by atoms with Crippen LogP contribution in [0.2, 0.25) is 0 Å². The smallest absolute Gasteiger partial charge is 0.164 e. The molecule has 6 heteroatoms. The third-order valence-corrected chi connectivity index (χ3v) is 12.9. The molecule has 65 heavy (non-hydrogen) atoms. The third-order valence-electron chi connectivity index (χ3n) is 12.9. The molecule has 6 nitrogen and oxygen atoms in total. The van der Waals surface area contributed by atoms with Crippen molar-refractivity contribution in [3.63, 3.8) is 0 Å². The lowest BCUT2D eigenvalue weighted by atomic mass is 9.65. The van der Waals surface area contributed by atoms with Gasteiger partial charge >= 0.3 is 0 Å². The molecule has 2 aliphatic rings. The molecule has 10 aromatic rings. The van der Waals surface area contributed by atoms with Crippen molar-refractivity contribution in [1.29, 1.82) is 0 Å². The minimum absolute atomic E-state index is 0.540. The summed E-state index contributed by atoms with van der Waals surface area (Å²) in [6, 6.07) is 66.4. The van der Waals surface area contributed by atoms with Crippen LogP contribution in [-0.2, 0) is 5.41 Å². The van der Waals surface area contributed by atoms with Gasteiger partial charge in [-0.3, -0.25) is 9.97 Å². The fourth-order valence-electron chi connectivity index (χ4n) is 10.0. The zero-order valence-electron chi connectivity index (χ0n) is 36.1. The molecule has 8 aromatic carbocycles. The van der Waals surface area contributed by atoms with E-state index in [4.69, 9.17) is 29.7 Å². The van der Waals surface area contributed by atoms with Crippen LogP contribution in [0.1, 0.15) is 39.2 Å². The van der Waals surface area contributed by atoms with Gasteiger partial charge in [0.05, 0.1) is 22.5 Å². The maximum atomic E-state index is 6.84. The van der Waals surface area contributed by atoms with Gasteiger partial charge in [0.15, 0.2) is 17.5 Å². The van der Waals surface area contributed by atoms with E-state index in [2.05, 4.69) is 134 Å². The lowest BCUT2D eigenvalue weighted by molar-refractivity contribution is 0.433. The summed E-state index contributed by atoms with van der Waals surface area (Å²) in [6.07, 6.45) is 1.82. The SMILES string of the molecule is Cc1cnc(-c2cc(-c3ccc(-c4cc(C)c5c(c4)C4(c6ccccc6O5)c5ccccc5-c5ccccc54)cc3)cc(-c3nc(-c4ccccc4)nc(-c4ccccc4)n3)c2)c(C)n1. The molecule has 0 amide bonds. The molecule has 0 bridgehead atoms. The first kappa shape index (κ1) is 38.3. The van der Waals surface area contributed by atoms with Gasteiger partial charge in [-0.25, -0.2) is 15.0 Å². The molecule has 3 heterocycles. The lowest BCUT2D eigenvalue weighted by Crippen LogP contribution is -2.32. The Kier molecular flexibility index (Phi) is 8.95. The van der Waals surface area contributed by atoms with Gasteiger partial charge in [0.25, 0.3) is 0 Å². The summed E-state index contributed by atoms with van der Waals surface area (Å²) in [5.41, 5.74) is 18.4. The fourth-order valence-corrected chi connectivity index (χ4v) is 10.0. The summed E-state index contributed by atoms with van der Waals surface area (Å²) in [4.78, 5) is 24.9. The summed E-state index contributed by atoms with van der Waals surface area (Å²) < 4.78 is 6.84. The quantitative estimate of drug-likeness (QED) is 0.166. The normalized spacial score (nSPS) is 12.8. The molecule has 1 aliphatic carbocycles. The van der Waals surface area contributed by atoms with Crippen molar-refractivity contribution in [1.82, 2.24) is 24.9 Å². The second-order valence-electron chi connectivity index (χ2n) is 17.0. The first-order valence-corrected chi connectivity index (χ1v) is 22.0. The molecule has 0 atom stereocenters. The highest BCUT2D eigenvalue weighted by Crippen LogP contribution is 2.62. The molecule has 2 aromatic heterocycles. The Hall–Kier alpha value is -8.35. The van der Waals surface area contributed by atoms with Crippen LogP contribution in [0.5, 0.6) is 11.5 Å². The Balaban J connectivity index is 1.00. The second kappa shape index (κ2) is 15.2. The van der Waals surface area contributed by atoms with Gasteiger partial charge in [-0.05, 0) is 107 Å². The van der Waals surface area contributed by atoms with E-state index in [1.54, 1.807) is 0 Å². The van der Waals surface area contributed by atoms with E-state index < -0.39 is 5.41 Å². The average molecular weight is 836 g/mol. The van der Waals surface area contributed by atoms with E-state index in [1.165, 1.54) is 22.3 Å². The highest BCUT2D eigenvalue weighted by atomic mass is 16.5. The number of aryl methyl sites for hydroxylation is 3. The molecule has 308 valence electrons. The number of benzene rings is 8. The second-order valence-corrected chi connectivity index (χ2v) is 17.0. The molecule has 0 saturated heterocycles. The van der Waals surface area contributed by atoms with E-state index in [1.807, 2.05) is 80.7 Å². The standard InChI is InChI=1S/C59H41N5O/c1-36-30-43(34-52-55(36)65-53-25-15-14-24-51(53)59(52)49-22-12-10-20-47(49)48-21-11-13-23-50(48)59)39-26-28-40(29-27-39)44-31-45(54-38(3)61-37(2)35-60-54)33-46(32-44)58-63-56(41-16-6-4-7-17-41)62-57(64-58)42-18-8-5-9-19-42/h4-35H,1-3H3. The first-order valence-electron chi connectivity index (χ1n) is 22.0. The number of ether oxygens (including phenoxy) is 1. The van der Waals surface area contributed by atoms with Crippen LogP contribution < -0.4 is 4.74 Å². The van der Waals surface area contributed by atoms with Crippen LogP contribution in [0.3, 0.4) is 0 Å². The monoisotopic (exact) mass is 835 g/mol. The van der Waals surface area contributed by atoms with Crippen LogP contribution in [0.15, 0.2) is 194 Å². The Morgan fingerprint density at radius 2 is 0.877 bits per heavy atom. The van der Waals surface area contributed by atoms with Gasteiger partial charge in [-0.15, -0.1) is 0 Å². The number of nitrogens with zero attached hydrogens (tertiary/aromatic N) is 5. The molecule has 0 N–H and O–H groups in total. The number of fused-ring (bicyclic) bond motifs is 9. The predicted octanol–water partition coefficient (Wildman–Crippen LogP) is 14.1. The summed E-state index contributed by atoms with van der Waals surface area (Å²) in [6.45, 7) is 6.15. The maximum Gasteiger partial charge on any atom is 0.164 e. The van der Waals surface area contributed by atoms with Crippen molar-refractivity contribution in [2.45, 2.75) is 26.2 Å². The third kappa shape index (κ3) is 6.28. The van der Waals surface area contributed by atoms with E-state index in [0.717, 1.165) is 89.8 Å². The van der Waals surface area contributed by atoms with Crippen molar-refractivity contribution in [3.05, 3.63) is 233 Å². The number of hydrogen-bond donors (Lipinski definition) is 0. The van der Waals surface area contributed by atoms with Crippen molar-refractivity contribution in [3.8, 4) is 90.3 Å².